The van der Waals surface area contributed by atoms with Gasteiger partial charge in [-0.05, 0) is 6.07 Å². The number of hydrogen-bond donors (Lipinski definition) is 2. The summed E-state index contributed by atoms with van der Waals surface area (Å²) in [5.74, 6) is -0.633. The average molecular weight is 223 g/mol. The minimum Gasteiger partial charge on any atom is -0.364 e. The van der Waals surface area contributed by atoms with Gasteiger partial charge >= 0.3 is 6.03 Å². The highest BCUT2D eigenvalue weighted by Crippen LogP contribution is 2.00. The molecule has 1 aromatic rings. The zero-order chi connectivity index (χ0) is 11.5. The molecule has 2 amide bonds. The molecule has 1 aliphatic rings. The van der Waals surface area contributed by atoms with E-state index in [1.54, 1.807) is 4.90 Å². The third-order valence-corrected chi connectivity index (χ3v) is 2.43. The number of carbonyl (C=O) groups excluding carboxylic acids is 2. The van der Waals surface area contributed by atoms with Gasteiger partial charge in [0, 0.05) is 32.4 Å². The largest absolute Gasteiger partial charge is 0.364 e. The van der Waals surface area contributed by atoms with Gasteiger partial charge in [-0.15, -0.1) is 0 Å². The van der Waals surface area contributed by atoms with E-state index in [1.165, 1.54) is 12.3 Å². The van der Waals surface area contributed by atoms with Gasteiger partial charge in [0.2, 0.25) is 0 Å². The number of nitrogens with two attached hydrogens (primary N) is 1. The molecule has 0 bridgehead atoms. The second kappa shape index (κ2) is 4.31. The van der Waals surface area contributed by atoms with Crippen molar-refractivity contribution in [3.63, 3.8) is 0 Å². The summed E-state index contributed by atoms with van der Waals surface area (Å²) in [5.41, 5.74) is 5.16. The van der Waals surface area contributed by atoms with Crippen molar-refractivity contribution >= 4 is 11.9 Å². The fourth-order valence-corrected chi connectivity index (χ4v) is 1.56. The Morgan fingerprint density at radius 1 is 1.38 bits per heavy atom. The number of carbonyl (C=O) groups is 2. The van der Waals surface area contributed by atoms with Crippen molar-refractivity contribution in [2.24, 2.45) is 5.73 Å². The minimum atomic E-state index is -0.633. The van der Waals surface area contributed by atoms with E-state index in [-0.39, 0.29) is 11.7 Å². The Hall–Kier alpha value is -1.89. The Morgan fingerprint density at radius 3 is 2.62 bits per heavy atom. The molecular formula is C9H13N5O2. The van der Waals surface area contributed by atoms with Crippen molar-refractivity contribution < 1.29 is 9.59 Å². The van der Waals surface area contributed by atoms with Gasteiger partial charge < -0.3 is 16.0 Å². The molecule has 0 radical (unpaired) electrons. The van der Waals surface area contributed by atoms with Crippen LogP contribution in [-0.4, -0.2) is 52.8 Å². The van der Waals surface area contributed by atoms with E-state index < -0.39 is 5.91 Å². The van der Waals surface area contributed by atoms with Crippen molar-refractivity contribution in [1.29, 1.82) is 0 Å². The van der Waals surface area contributed by atoms with Crippen LogP contribution in [0.15, 0.2) is 12.3 Å². The summed E-state index contributed by atoms with van der Waals surface area (Å²) in [6.45, 7) is 2.83. The molecular weight excluding hydrogens is 210 g/mol. The van der Waals surface area contributed by atoms with Gasteiger partial charge in [-0.3, -0.25) is 4.79 Å². The Balaban J connectivity index is 2.10. The lowest BCUT2D eigenvalue weighted by Gasteiger charge is -2.26. The highest BCUT2D eigenvalue weighted by molar-refractivity contribution is 5.91. The van der Waals surface area contributed by atoms with Crippen LogP contribution < -0.4 is 11.1 Å². The van der Waals surface area contributed by atoms with E-state index in [4.69, 9.17) is 5.73 Å². The molecule has 16 heavy (non-hydrogen) atoms. The lowest BCUT2D eigenvalue weighted by atomic mass is 10.4. The van der Waals surface area contributed by atoms with Crippen molar-refractivity contribution in [1.82, 2.24) is 20.0 Å². The highest BCUT2D eigenvalue weighted by atomic mass is 16.2. The first-order chi connectivity index (χ1) is 7.68. The third-order valence-electron chi connectivity index (χ3n) is 2.43. The van der Waals surface area contributed by atoms with Crippen LogP contribution in [-0.2, 0) is 0 Å². The Morgan fingerprint density at radius 2 is 2.06 bits per heavy atom. The third kappa shape index (κ3) is 2.03. The van der Waals surface area contributed by atoms with Crippen LogP contribution in [0.1, 0.15) is 10.5 Å². The lowest BCUT2D eigenvalue weighted by molar-refractivity contribution is 0.0995. The zero-order valence-corrected chi connectivity index (χ0v) is 8.72. The van der Waals surface area contributed by atoms with Crippen molar-refractivity contribution in [2.45, 2.75) is 0 Å². The minimum absolute atomic E-state index is 0.100. The highest BCUT2D eigenvalue weighted by Gasteiger charge is 2.19. The van der Waals surface area contributed by atoms with E-state index in [1.807, 2.05) is 0 Å². The normalized spacial score (nSPS) is 16.1. The van der Waals surface area contributed by atoms with E-state index in [9.17, 15) is 9.59 Å². The van der Waals surface area contributed by atoms with Gasteiger partial charge in [0.05, 0.1) is 0 Å². The summed E-state index contributed by atoms with van der Waals surface area (Å²) in [5, 5.41) is 6.96. The molecule has 0 unspecified atom stereocenters. The molecule has 0 aliphatic carbocycles. The van der Waals surface area contributed by atoms with Gasteiger partial charge in [0.15, 0.2) is 5.69 Å². The molecule has 1 saturated heterocycles. The van der Waals surface area contributed by atoms with Crippen LogP contribution in [0.3, 0.4) is 0 Å². The molecule has 3 N–H and O–H groups in total. The molecule has 7 heteroatoms. The summed E-state index contributed by atoms with van der Waals surface area (Å²) in [4.78, 5) is 24.4. The molecule has 1 fully saturated rings. The van der Waals surface area contributed by atoms with Crippen molar-refractivity contribution in [3.05, 3.63) is 18.0 Å². The first-order valence-corrected chi connectivity index (χ1v) is 5.04. The predicted octanol–water partition coefficient (Wildman–Crippen LogP) is -1.14. The molecule has 2 rings (SSSR count). The van der Waals surface area contributed by atoms with E-state index >= 15 is 0 Å². The van der Waals surface area contributed by atoms with Gasteiger partial charge in [-0.2, -0.15) is 9.78 Å². The number of piperazine rings is 1. The summed E-state index contributed by atoms with van der Waals surface area (Å²) in [6, 6.07) is 1.21. The summed E-state index contributed by atoms with van der Waals surface area (Å²) < 4.78 is 1.14. The molecule has 86 valence electrons. The fraction of sp³-hybridized carbons (Fsp3) is 0.444. The second-order valence-electron chi connectivity index (χ2n) is 3.53. The number of hydrogen-bond acceptors (Lipinski definition) is 4. The molecule has 0 atom stereocenters. The Bertz CT molecular complexity index is 408. The molecule has 0 aromatic carbocycles. The predicted molar refractivity (Wildman–Crippen MR) is 56.0 cm³/mol. The topological polar surface area (TPSA) is 93.2 Å². The number of rotatable bonds is 1. The number of primary amides is 1. The second-order valence-corrected chi connectivity index (χ2v) is 3.53. The van der Waals surface area contributed by atoms with Gasteiger partial charge in [-0.25, -0.2) is 4.79 Å². The maximum absolute atomic E-state index is 11.9. The molecule has 2 heterocycles. The van der Waals surface area contributed by atoms with Crippen LogP contribution in [0.25, 0.3) is 0 Å². The van der Waals surface area contributed by atoms with Crippen molar-refractivity contribution in [2.75, 3.05) is 26.2 Å². The van der Waals surface area contributed by atoms with Crippen LogP contribution in [0.2, 0.25) is 0 Å². The van der Waals surface area contributed by atoms with E-state index in [0.717, 1.165) is 17.8 Å². The SMILES string of the molecule is NC(=O)c1ccn(C(=O)N2CCNCC2)n1. The molecule has 7 nitrogen and oxygen atoms in total. The summed E-state index contributed by atoms with van der Waals surface area (Å²) in [7, 11) is 0. The smallest absolute Gasteiger partial charge is 0.344 e. The molecule has 0 saturated carbocycles. The average Bonchev–Trinajstić information content (AvgIpc) is 2.78. The maximum Gasteiger partial charge on any atom is 0.344 e. The quantitative estimate of drug-likeness (QED) is 0.629. The van der Waals surface area contributed by atoms with Crippen LogP contribution in [0.4, 0.5) is 4.79 Å². The first-order valence-electron chi connectivity index (χ1n) is 5.04. The Labute approximate surface area is 92.2 Å². The molecule has 1 aliphatic heterocycles. The molecule has 1 aromatic heterocycles. The maximum atomic E-state index is 11.9. The molecule has 0 spiro atoms. The van der Waals surface area contributed by atoms with Gasteiger partial charge in [0.1, 0.15) is 0 Å². The van der Waals surface area contributed by atoms with Crippen LogP contribution in [0.5, 0.6) is 0 Å². The number of amides is 2. The fourth-order valence-electron chi connectivity index (χ4n) is 1.56. The van der Waals surface area contributed by atoms with Gasteiger partial charge in [-0.1, -0.05) is 0 Å². The number of nitrogens with zero attached hydrogens (tertiary/aromatic N) is 3. The van der Waals surface area contributed by atoms with E-state index in [2.05, 4.69) is 10.4 Å². The summed E-state index contributed by atoms with van der Waals surface area (Å²) >= 11 is 0. The standard InChI is InChI=1S/C9H13N5O2/c10-8(15)7-1-4-14(12-7)9(16)13-5-2-11-3-6-13/h1,4,11H,2-3,5-6H2,(H2,10,15). The van der Waals surface area contributed by atoms with Crippen LogP contribution in [0, 0.1) is 0 Å². The Kier molecular flexibility index (Phi) is 2.86. The van der Waals surface area contributed by atoms with Crippen LogP contribution >= 0.6 is 0 Å². The number of nitrogens with one attached hydrogen (secondary N) is 1. The lowest BCUT2D eigenvalue weighted by Crippen LogP contribution is -2.48. The van der Waals surface area contributed by atoms with E-state index in [0.29, 0.717) is 13.1 Å². The first kappa shape index (κ1) is 10.6. The van der Waals surface area contributed by atoms with Gasteiger partial charge in [0.25, 0.3) is 5.91 Å². The number of aromatic nitrogens is 2. The van der Waals surface area contributed by atoms with Crippen molar-refractivity contribution in [3.8, 4) is 0 Å². The summed E-state index contributed by atoms with van der Waals surface area (Å²) in [6.07, 6.45) is 1.45. The monoisotopic (exact) mass is 223 g/mol. The zero-order valence-electron chi connectivity index (χ0n) is 8.72.